The maximum atomic E-state index is 12.4. The average molecular weight is 435 g/mol. The number of ether oxygens (including phenoxy) is 1. The van der Waals surface area contributed by atoms with Crippen molar-refractivity contribution >= 4 is 33.6 Å². The van der Waals surface area contributed by atoms with Crippen molar-refractivity contribution in [2.75, 3.05) is 13.1 Å². The summed E-state index contributed by atoms with van der Waals surface area (Å²) in [7, 11) is 0. The van der Waals surface area contributed by atoms with E-state index >= 15 is 0 Å². The molecule has 1 aromatic carbocycles. The molecule has 3 rings (SSSR count). The predicted molar refractivity (Wildman–Crippen MR) is 111 cm³/mol. The zero-order chi connectivity index (χ0) is 19.8. The van der Waals surface area contributed by atoms with Crippen molar-refractivity contribution in [1.29, 1.82) is 0 Å². The Hall–Kier alpha value is -1.89. The van der Waals surface area contributed by atoms with Gasteiger partial charge in [-0.3, -0.25) is 4.99 Å². The van der Waals surface area contributed by atoms with Crippen molar-refractivity contribution in [3.05, 3.63) is 34.3 Å². The third kappa shape index (κ3) is 4.18. The molecule has 2 heterocycles. The molecule has 0 aliphatic carbocycles. The Morgan fingerprint density at radius 2 is 1.96 bits per heavy atom. The number of halogens is 1. The van der Waals surface area contributed by atoms with Gasteiger partial charge < -0.3 is 15.4 Å². The molecule has 1 atom stereocenters. The number of hydrogen-bond acceptors (Lipinski definition) is 5. The van der Waals surface area contributed by atoms with E-state index in [9.17, 15) is 4.79 Å². The summed E-state index contributed by atoms with van der Waals surface area (Å²) in [5, 5.41) is 0. The lowest BCUT2D eigenvalue weighted by molar-refractivity contribution is 0.0149. The molecule has 2 aliphatic rings. The van der Waals surface area contributed by atoms with Crippen LogP contribution in [0.2, 0.25) is 0 Å². The molecule has 27 heavy (non-hydrogen) atoms. The molecular formula is C20H27BrN4O2. The average Bonchev–Trinajstić information content (AvgIpc) is 2.90. The lowest BCUT2D eigenvalue weighted by atomic mass is 9.80. The van der Waals surface area contributed by atoms with Crippen LogP contribution >= 0.6 is 15.9 Å². The highest BCUT2D eigenvalue weighted by molar-refractivity contribution is 9.10. The minimum atomic E-state index is -0.710. The van der Waals surface area contributed by atoms with Crippen molar-refractivity contribution in [2.45, 2.75) is 51.8 Å². The second kappa shape index (κ2) is 7.26. The first-order valence-corrected chi connectivity index (χ1v) is 10.1. The Labute approximate surface area is 169 Å². The van der Waals surface area contributed by atoms with Gasteiger partial charge in [0.1, 0.15) is 11.4 Å². The highest BCUT2D eigenvalue weighted by atomic mass is 79.9. The summed E-state index contributed by atoms with van der Waals surface area (Å²) in [6.07, 6.45) is 1.32. The summed E-state index contributed by atoms with van der Waals surface area (Å²) in [6.45, 7) is 8.79. The van der Waals surface area contributed by atoms with Crippen LogP contribution in [0.1, 0.15) is 46.1 Å². The maximum Gasteiger partial charge on any atom is 0.410 e. The number of hydrogen-bond donors (Lipinski definition) is 1. The van der Waals surface area contributed by atoms with Gasteiger partial charge in [0.25, 0.3) is 0 Å². The molecule has 7 heteroatoms. The summed E-state index contributed by atoms with van der Waals surface area (Å²) in [5.41, 5.74) is 6.69. The van der Waals surface area contributed by atoms with Crippen LogP contribution in [-0.4, -0.2) is 41.2 Å². The lowest BCUT2D eigenvalue weighted by Gasteiger charge is -2.39. The van der Waals surface area contributed by atoms with Crippen LogP contribution in [0.25, 0.3) is 0 Å². The minimum Gasteiger partial charge on any atom is -0.444 e. The zero-order valence-electron chi connectivity index (χ0n) is 16.3. The van der Waals surface area contributed by atoms with Gasteiger partial charge in [0.15, 0.2) is 5.66 Å². The first-order chi connectivity index (χ1) is 12.6. The molecule has 6 nitrogen and oxygen atoms in total. The first-order valence-electron chi connectivity index (χ1n) is 9.27. The van der Waals surface area contributed by atoms with Gasteiger partial charge in [0.05, 0.1) is 5.71 Å². The number of nitrogens with two attached hydrogens (primary N) is 1. The fraction of sp³-hybridized carbons (Fsp3) is 0.550. The van der Waals surface area contributed by atoms with Gasteiger partial charge in [-0.1, -0.05) is 28.1 Å². The number of amidine groups is 1. The van der Waals surface area contributed by atoms with E-state index in [1.165, 1.54) is 0 Å². The van der Waals surface area contributed by atoms with Crippen LogP contribution < -0.4 is 5.73 Å². The van der Waals surface area contributed by atoms with Crippen molar-refractivity contribution in [1.82, 2.24) is 4.90 Å². The summed E-state index contributed by atoms with van der Waals surface area (Å²) in [5.74, 6) is 0.658. The van der Waals surface area contributed by atoms with Gasteiger partial charge in [-0.2, -0.15) is 0 Å². The van der Waals surface area contributed by atoms with Crippen molar-refractivity contribution in [3.63, 3.8) is 0 Å². The fourth-order valence-electron chi connectivity index (χ4n) is 3.66. The summed E-state index contributed by atoms with van der Waals surface area (Å²) in [4.78, 5) is 23.8. The van der Waals surface area contributed by atoms with Crippen LogP contribution in [0.15, 0.2) is 38.7 Å². The Morgan fingerprint density at radius 1 is 1.30 bits per heavy atom. The molecule has 1 saturated heterocycles. The first kappa shape index (κ1) is 19.9. The van der Waals surface area contributed by atoms with Crippen molar-refractivity contribution in [3.8, 4) is 0 Å². The monoisotopic (exact) mass is 434 g/mol. The number of likely N-dealkylation sites (tertiary alicyclic amines) is 1. The molecule has 0 bridgehead atoms. The number of carbonyl (C=O) groups is 1. The molecule has 1 fully saturated rings. The smallest absolute Gasteiger partial charge is 0.410 e. The van der Waals surface area contributed by atoms with E-state index in [4.69, 9.17) is 20.5 Å². The summed E-state index contributed by atoms with van der Waals surface area (Å²) in [6, 6.07) is 8.08. The van der Waals surface area contributed by atoms with E-state index in [2.05, 4.69) is 22.0 Å². The molecule has 146 valence electrons. The van der Waals surface area contributed by atoms with Gasteiger partial charge in [0.2, 0.25) is 0 Å². The summed E-state index contributed by atoms with van der Waals surface area (Å²) < 4.78 is 6.49. The standard InChI is InChI=1S/C20H27BrN4O2/c1-13-17(22)24-20(23-13,15-6-5-7-16(21)12-15)14-8-10-25(11-9-14)18(26)27-19(2,3)4/h5-7,12,14H,8-11H2,1-4H3,(H2,22,24). The third-order valence-electron chi connectivity index (χ3n) is 4.97. The molecule has 1 amide bonds. The quantitative estimate of drug-likeness (QED) is 0.760. The largest absolute Gasteiger partial charge is 0.444 e. The highest BCUT2D eigenvalue weighted by Gasteiger charge is 2.45. The second-order valence-electron chi connectivity index (χ2n) is 8.17. The van der Waals surface area contributed by atoms with E-state index in [1.807, 2.05) is 45.9 Å². The minimum absolute atomic E-state index is 0.168. The van der Waals surface area contributed by atoms with Gasteiger partial charge in [-0.05, 0) is 52.7 Å². The van der Waals surface area contributed by atoms with E-state index in [1.54, 1.807) is 4.90 Å². The van der Waals surface area contributed by atoms with Crippen molar-refractivity contribution in [2.24, 2.45) is 21.6 Å². The molecule has 0 saturated carbocycles. The molecule has 2 aliphatic heterocycles. The number of piperidine rings is 1. The molecular weight excluding hydrogens is 408 g/mol. The normalized spacial score (nSPS) is 23.8. The van der Waals surface area contributed by atoms with Gasteiger partial charge in [0, 0.05) is 29.0 Å². The Bertz CT molecular complexity index is 771. The number of nitrogens with zero attached hydrogens (tertiary/aromatic N) is 3. The van der Waals surface area contributed by atoms with Crippen LogP contribution in [0.3, 0.4) is 0 Å². The van der Waals surface area contributed by atoms with E-state index < -0.39 is 11.3 Å². The summed E-state index contributed by atoms with van der Waals surface area (Å²) >= 11 is 3.55. The van der Waals surface area contributed by atoms with Crippen LogP contribution in [-0.2, 0) is 10.4 Å². The van der Waals surface area contributed by atoms with Crippen LogP contribution in [0, 0.1) is 5.92 Å². The van der Waals surface area contributed by atoms with E-state index in [0.717, 1.165) is 28.6 Å². The lowest BCUT2D eigenvalue weighted by Crippen LogP contribution is -2.45. The number of benzene rings is 1. The number of amides is 1. The fourth-order valence-corrected chi connectivity index (χ4v) is 4.06. The maximum absolute atomic E-state index is 12.4. The highest BCUT2D eigenvalue weighted by Crippen LogP contribution is 2.44. The van der Waals surface area contributed by atoms with Gasteiger partial charge >= 0.3 is 6.09 Å². The van der Waals surface area contributed by atoms with Crippen LogP contribution in [0.4, 0.5) is 4.79 Å². The number of rotatable bonds is 2. The zero-order valence-corrected chi connectivity index (χ0v) is 17.9. The predicted octanol–water partition coefficient (Wildman–Crippen LogP) is 4.08. The molecule has 0 aromatic heterocycles. The number of carbonyl (C=O) groups excluding carboxylic acids is 1. The molecule has 0 spiro atoms. The molecule has 2 N–H and O–H groups in total. The SMILES string of the molecule is CC1=NC(c2cccc(Br)c2)(C2CCN(C(=O)OC(C)(C)C)CC2)N=C1N. The Morgan fingerprint density at radius 3 is 2.48 bits per heavy atom. The third-order valence-corrected chi connectivity index (χ3v) is 5.46. The van der Waals surface area contributed by atoms with Crippen molar-refractivity contribution < 1.29 is 9.53 Å². The van der Waals surface area contributed by atoms with E-state index in [0.29, 0.717) is 18.9 Å². The molecule has 1 unspecified atom stereocenters. The van der Waals surface area contributed by atoms with Crippen LogP contribution in [0.5, 0.6) is 0 Å². The topological polar surface area (TPSA) is 80.3 Å². The Balaban J connectivity index is 1.82. The molecule has 1 aromatic rings. The van der Waals surface area contributed by atoms with Gasteiger partial charge in [-0.15, -0.1) is 0 Å². The second-order valence-corrected chi connectivity index (χ2v) is 9.09. The number of aliphatic imine (C=N–C) groups is 2. The van der Waals surface area contributed by atoms with Gasteiger partial charge in [-0.25, -0.2) is 9.79 Å². The van der Waals surface area contributed by atoms with E-state index in [-0.39, 0.29) is 12.0 Å². The molecule has 0 radical (unpaired) electrons. The Kier molecular flexibility index (Phi) is 5.34.